The molecular weight excluding hydrogens is 268 g/mol. The van der Waals surface area contributed by atoms with E-state index in [0.29, 0.717) is 0 Å². The summed E-state index contributed by atoms with van der Waals surface area (Å²) < 4.78 is 0. The second-order valence-electron chi connectivity index (χ2n) is 5.50. The van der Waals surface area contributed by atoms with Crippen molar-refractivity contribution in [1.82, 2.24) is 0 Å². The molecular formula is C20H20N2. The normalized spacial score (nSPS) is 11.2. The van der Waals surface area contributed by atoms with Crippen molar-refractivity contribution >= 4 is 28.4 Å². The maximum atomic E-state index is 4.73. The molecule has 0 bridgehead atoms. The Morgan fingerprint density at radius 3 is 2.32 bits per heavy atom. The Labute approximate surface area is 131 Å². The molecule has 0 aliphatic rings. The molecule has 0 saturated carbocycles. The zero-order valence-corrected chi connectivity index (χ0v) is 13.2. The molecule has 0 radical (unpaired) electrons. The highest BCUT2D eigenvalue weighted by molar-refractivity contribution is 6.03. The number of para-hydroxylation sites is 1. The van der Waals surface area contributed by atoms with Gasteiger partial charge in [-0.3, -0.25) is 4.99 Å². The molecule has 110 valence electrons. The summed E-state index contributed by atoms with van der Waals surface area (Å²) in [6.07, 6.45) is 1.95. The zero-order valence-electron chi connectivity index (χ0n) is 13.2. The van der Waals surface area contributed by atoms with Crippen LogP contribution in [-0.4, -0.2) is 13.3 Å². The lowest BCUT2D eigenvalue weighted by atomic mass is 10.0. The summed E-state index contributed by atoms with van der Waals surface area (Å²) in [4.78, 5) is 4.73. The summed E-state index contributed by atoms with van der Waals surface area (Å²) >= 11 is 0. The maximum absolute atomic E-state index is 4.73. The molecule has 0 aromatic heterocycles. The number of nitrogens with zero attached hydrogens (tertiary/aromatic N) is 1. The number of hydrogen-bond donors (Lipinski definition) is 1. The Bertz CT molecular complexity index is 827. The molecule has 0 unspecified atom stereocenters. The molecule has 2 heteroatoms. The third-order valence-corrected chi connectivity index (χ3v) is 3.98. The van der Waals surface area contributed by atoms with Gasteiger partial charge >= 0.3 is 0 Å². The van der Waals surface area contributed by atoms with Gasteiger partial charge in [0.2, 0.25) is 0 Å². The number of aliphatic imine (C=N–C) groups is 1. The summed E-state index contributed by atoms with van der Waals surface area (Å²) in [5.74, 6) is 0. The summed E-state index contributed by atoms with van der Waals surface area (Å²) in [5.41, 5.74) is 5.67. The van der Waals surface area contributed by atoms with E-state index in [9.17, 15) is 0 Å². The summed E-state index contributed by atoms with van der Waals surface area (Å²) in [6.45, 7) is 4.19. The third-order valence-electron chi connectivity index (χ3n) is 3.98. The molecule has 0 fully saturated rings. The highest BCUT2D eigenvalue weighted by Crippen LogP contribution is 2.28. The van der Waals surface area contributed by atoms with E-state index in [2.05, 4.69) is 73.8 Å². The fourth-order valence-electron chi connectivity index (χ4n) is 2.82. The first-order valence-corrected chi connectivity index (χ1v) is 7.50. The van der Waals surface area contributed by atoms with Gasteiger partial charge in [-0.1, -0.05) is 54.6 Å². The van der Waals surface area contributed by atoms with E-state index >= 15 is 0 Å². The number of benzene rings is 3. The molecule has 0 aliphatic carbocycles. The van der Waals surface area contributed by atoms with Crippen LogP contribution < -0.4 is 5.32 Å². The van der Waals surface area contributed by atoms with Gasteiger partial charge in [0.05, 0.1) is 11.4 Å². The lowest BCUT2D eigenvalue weighted by molar-refractivity contribution is 1.33. The molecule has 22 heavy (non-hydrogen) atoms. The molecule has 3 aromatic rings. The number of nitrogens with one attached hydrogen (secondary N) is 1. The van der Waals surface area contributed by atoms with Gasteiger partial charge in [-0.05, 0) is 30.4 Å². The number of fused-ring (bicyclic) bond motifs is 1. The van der Waals surface area contributed by atoms with Crippen LogP contribution in [0.25, 0.3) is 10.8 Å². The standard InChI is InChI=1S/C20H20N2/c1-14-7-6-8-15(2)19(14)22-13-17-12-11-16-9-4-5-10-18(16)20(17)21-3/h4-13,21H,1-3H3/b22-13+. The Morgan fingerprint density at radius 2 is 1.59 bits per heavy atom. The minimum Gasteiger partial charge on any atom is -0.387 e. The van der Waals surface area contributed by atoms with E-state index in [1.165, 1.54) is 21.9 Å². The Balaban J connectivity index is 2.09. The average Bonchev–Trinajstić information content (AvgIpc) is 2.54. The largest absolute Gasteiger partial charge is 0.387 e. The van der Waals surface area contributed by atoms with E-state index in [-0.39, 0.29) is 0 Å². The van der Waals surface area contributed by atoms with Crippen LogP contribution in [-0.2, 0) is 0 Å². The fourth-order valence-corrected chi connectivity index (χ4v) is 2.82. The van der Waals surface area contributed by atoms with Crippen molar-refractivity contribution in [3.8, 4) is 0 Å². The second-order valence-corrected chi connectivity index (χ2v) is 5.50. The second kappa shape index (κ2) is 6.02. The van der Waals surface area contributed by atoms with Crippen molar-refractivity contribution in [2.75, 3.05) is 12.4 Å². The van der Waals surface area contributed by atoms with E-state index in [1.54, 1.807) is 0 Å². The van der Waals surface area contributed by atoms with E-state index in [4.69, 9.17) is 4.99 Å². The molecule has 0 amide bonds. The summed E-state index contributed by atoms with van der Waals surface area (Å²) in [6, 6.07) is 18.9. The van der Waals surface area contributed by atoms with Gasteiger partial charge in [0.1, 0.15) is 0 Å². The highest BCUT2D eigenvalue weighted by Gasteiger charge is 2.05. The lowest BCUT2D eigenvalue weighted by Crippen LogP contribution is -1.96. The molecule has 3 aromatic carbocycles. The summed E-state index contributed by atoms with van der Waals surface area (Å²) in [7, 11) is 1.96. The van der Waals surface area contributed by atoms with Crippen LogP contribution in [0.5, 0.6) is 0 Å². The molecule has 0 spiro atoms. The van der Waals surface area contributed by atoms with Crippen molar-refractivity contribution in [2.45, 2.75) is 13.8 Å². The molecule has 0 atom stereocenters. The number of hydrogen-bond acceptors (Lipinski definition) is 2. The van der Waals surface area contributed by atoms with Crippen molar-refractivity contribution in [1.29, 1.82) is 0 Å². The van der Waals surface area contributed by atoms with Crippen LogP contribution in [0.4, 0.5) is 11.4 Å². The van der Waals surface area contributed by atoms with Crippen LogP contribution in [0.1, 0.15) is 16.7 Å². The molecule has 0 heterocycles. The molecule has 2 nitrogen and oxygen atoms in total. The number of aryl methyl sites for hydroxylation is 2. The fraction of sp³-hybridized carbons (Fsp3) is 0.150. The Hall–Kier alpha value is -2.61. The van der Waals surface area contributed by atoms with Crippen molar-refractivity contribution < 1.29 is 0 Å². The third kappa shape index (κ3) is 2.60. The van der Waals surface area contributed by atoms with E-state index in [1.807, 2.05) is 13.3 Å². The topological polar surface area (TPSA) is 24.4 Å². The minimum atomic E-state index is 1.05. The first-order chi connectivity index (χ1) is 10.7. The Morgan fingerprint density at radius 1 is 0.864 bits per heavy atom. The SMILES string of the molecule is CNc1c(/C=N/c2c(C)cccc2C)ccc2ccccc12. The highest BCUT2D eigenvalue weighted by atomic mass is 14.8. The number of anilines is 1. The van der Waals surface area contributed by atoms with Crippen LogP contribution in [0.3, 0.4) is 0 Å². The van der Waals surface area contributed by atoms with Gasteiger partial charge in [0, 0.05) is 24.2 Å². The zero-order chi connectivity index (χ0) is 15.5. The molecule has 3 rings (SSSR count). The van der Waals surface area contributed by atoms with Gasteiger partial charge in [-0.15, -0.1) is 0 Å². The van der Waals surface area contributed by atoms with Crippen molar-refractivity contribution in [3.05, 3.63) is 71.3 Å². The maximum Gasteiger partial charge on any atom is 0.0688 e. The van der Waals surface area contributed by atoms with Crippen LogP contribution in [0.15, 0.2) is 59.6 Å². The first-order valence-electron chi connectivity index (χ1n) is 7.50. The lowest BCUT2D eigenvalue weighted by Gasteiger charge is -2.10. The Kier molecular flexibility index (Phi) is 3.92. The predicted molar refractivity (Wildman–Crippen MR) is 96.7 cm³/mol. The average molecular weight is 288 g/mol. The minimum absolute atomic E-state index is 1.05. The number of rotatable bonds is 3. The van der Waals surface area contributed by atoms with E-state index < -0.39 is 0 Å². The molecule has 0 saturated heterocycles. The van der Waals surface area contributed by atoms with Crippen LogP contribution >= 0.6 is 0 Å². The molecule has 0 aliphatic heterocycles. The van der Waals surface area contributed by atoms with Crippen LogP contribution in [0.2, 0.25) is 0 Å². The monoisotopic (exact) mass is 288 g/mol. The van der Waals surface area contributed by atoms with Gasteiger partial charge in [0.15, 0.2) is 0 Å². The quantitative estimate of drug-likeness (QED) is 0.654. The first kappa shape index (κ1) is 14.3. The van der Waals surface area contributed by atoms with Crippen molar-refractivity contribution in [3.63, 3.8) is 0 Å². The van der Waals surface area contributed by atoms with Gasteiger partial charge < -0.3 is 5.32 Å². The smallest absolute Gasteiger partial charge is 0.0688 e. The van der Waals surface area contributed by atoms with E-state index in [0.717, 1.165) is 16.9 Å². The van der Waals surface area contributed by atoms with Gasteiger partial charge in [-0.2, -0.15) is 0 Å². The van der Waals surface area contributed by atoms with Crippen LogP contribution in [0, 0.1) is 13.8 Å². The van der Waals surface area contributed by atoms with Crippen molar-refractivity contribution in [2.24, 2.45) is 4.99 Å². The van der Waals surface area contributed by atoms with Gasteiger partial charge in [-0.25, -0.2) is 0 Å². The predicted octanol–water partition coefficient (Wildman–Crippen LogP) is 5.25. The van der Waals surface area contributed by atoms with Gasteiger partial charge in [0.25, 0.3) is 0 Å². The summed E-state index contributed by atoms with van der Waals surface area (Å²) in [5, 5.41) is 5.76. The molecule has 1 N–H and O–H groups in total.